The topological polar surface area (TPSA) is 109 Å². The van der Waals surface area contributed by atoms with Crippen LogP contribution in [0.1, 0.15) is 19.8 Å². The van der Waals surface area contributed by atoms with Gasteiger partial charge in [-0.1, -0.05) is 6.92 Å². The third-order valence-corrected chi connectivity index (χ3v) is 6.57. The zero-order valence-corrected chi connectivity index (χ0v) is 11.8. The van der Waals surface area contributed by atoms with Crippen molar-refractivity contribution in [3.8, 4) is 0 Å². The SMILES string of the molecule is CCC(=O)NCCNS(=O)(=O)[C@H]1CCS(=O)(=O)C1. The van der Waals surface area contributed by atoms with E-state index in [-0.39, 0.29) is 36.9 Å². The fourth-order valence-electron chi connectivity index (χ4n) is 1.64. The molecule has 1 aliphatic rings. The van der Waals surface area contributed by atoms with Gasteiger partial charge in [-0.05, 0) is 6.42 Å². The molecule has 1 fully saturated rings. The molecule has 0 aromatic carbocycles. The van der Waals surface area contributed by atoms with Gasteiger partial charge in [0.25, 0.3) is 0 Å². The largest absolute Gasteiger partial charge is 0.355 e. The van der Waals surface area contributed by atoms with Gasteiger partial charge in [0.05, 0.1) is 16.8 Å². The van der Waals surface area contributed by atoms with E-state index in [0.29, 0.717) is 6.42 Å². The highest BCUT2D eigenvalue weighted by Gasteiger charge is 2.36. The van der Waals surface area contributed by atoms with Crippen molar-refractivity contribution in [1.29, 1.82) is 0 Å². The molecule has 106 valence electrons. The van der Waals surface area contributed by atoms with E-state index in [1.807, 2.05) is 0 Å². The van der Waals surface area contributed by atoms with Crippen molar-refractivity contribution in [2.45, 2.75) is 25.0 Å². The lowest BCUT2D eigenvalue weighted by atomic mass is 10.4. The summed E-state index contributed by atoms with van der Waals surface area (Å²) in [6, 6.07) is 0. The summed E-state index contributed by atoms with van der Waals surface area (Å²) < 4.78 is 48.2. The molecule has 0 aliphatic carbocycles. The quantitative estimate of drug-likeness (QED) is 0.587. The predicted molar refractivity (Wildman–Crippen MR) is 67.3 cm³/mol. The van der Waals surface area contributed by atoms with Crippen LogP contribution in [0.2, 0.25) is 0 Å². The van der Waals surface area contributed by atoms with Crippen LogP contribution in [0.15, 0.2) is 0 Å². The van der Waals surface area contributed by atoms with E-state index in [0.717, 1.165) is 0 Å². The lowest BCUT2D eigenvalue weighted by Crippen LogP contribution is -2.39. The molecule has 1 rings (SSSR count). The normalized spacial score (nSPS) is 22.8. The molecule has 0 saturated carbocycles. The van der Waals surface area contributed by atoms with Crippen molar-refractivity contribution in [2.24, 2.45) is 0 Å². The number of hydrogen-bond acceptors (Lipinski definition) is 5. The average molecular weight is 298 g/mol. The lowest BCUT2D eigenvalue weighted by molar-refractivity contribution is -0.120. The maximum Gasteiger partial charge on any atom is 0.219 e. The van der Waals surface area contributed by atoms with Crippen LogP contribution in [0.25, 0.3) is 0 Å². The van der Waals surface area contributed by atoms with Gasteiger partial charge in [-0.3, -0.25) is 4.79 Å². The Labute approximate surface area is 107 Å². The molecule has 0 bridgehead atoms. The number of hydrogen-bond donors (Lipinski definition) is 2. The first kappa shape index (κ1) is 15.4. The van der Waals surface area contributed by atoms with Crippen molar-refractivity contribution in [2.75, 3.05) is 24.6 Å². The molecule has 0 aromatic rings. The van der Waals surface area contributed by atoms with Gasteiger partial charge in [0, 0.05) is 19.5 Å². The summed E-state index contributed by atoms with van der Waals surface area (Å²) >= 11 is 0. The molecule has 7 nitrogen and oxygen atoms in total. The lowest BCUT2D eigenvalue weighted by Gasteiger charge is -2.11. The van der Waals surface area contributed by atoms with Crippen LogP contribution < -0.4 is 10.0 Å². The second kappa shape index (κ2) is 5.98. The molecule has 0 aromatic heterocycles. The van der Waals surface area contributed by atoms with Gasteiger partial charge in [-0.2, -0.15) is 0 Å². The Morgan fingerprint density at radius 3 is 2.50 bits per heavy atom. The Bertz CT molecular complexity index is 497. The highest BCUT2D eigenvalue weighted by Crippen LogP contribution is 2.17. The summed E-state index contributed by atoms with van der Waals surface area (Å²) in [4.78, 5) is 10.9. The first-order chi connectivity index (χ1) is 8.27. The molecule has 1 amide bonds. The second-order valence-electron chi connectivity index (χ2n) is 4.17. The fourth-order valence-corrected chi connectivity index (χ4v) is 5.73. The van der Waals surface area contributed by atoms with E-state index in [1.54, 1.807) is 6.92 Å². The van der Waals surface area contributed by atoms with Crippen LogP contribution in [0.5, 0.6) is 0 Å². The third-order valence-electron chi connectivity index (χ3n) is 2.70. The van der Waals surface area contributed by atoms with Gasteiger partial charge in [0.1, 0.15) is 0 Å². The molecule has 1 heterocycles. The van der Waals surface area contributed by atoms with Crippen molar-refractivity contribution < 1.29 is 21.6 Å². The number of amides is 1. The minimum absolute atomic E-state index is 0.0740. The molecular formula is C9H18N2O5S2. The highest BCUT2D eigenvalue weighted by molar-refractivity contribution is 7.95. The van der Waals surface area contributed by atoms with E-state index in [1.165, 1.54) is 0 Å². The second-order valence-corrected chi connectivity index (χ2v) is 8.44. The summed E-state index contributed by atoms with van der Waals surface area (Å²) in [6.07, 6.45) is 0.479. The smallest absolute Gasteiger partial charge is 0.219 e. The summed E-state index contributed by atoms with van der Waals surface area (Å²) in [6.45, 7) is 1.97. The average Bonchev–Trinajstić information content (AvgIpc) is 2.65. The summed E-state index contributed by atoms with van der Waals surface area (Å²) in [5.74, 6) is -0.549. The van der Waals surface area contributed by atoms with Gasteiger partial charge in [0.15, 0.2) is 9.84 Å². The Hall–Kier alpha value is -0.670. The Morgan fingerprint density at radius 2 is 2.00 bits per heavy atom. The van der Waals surface area contributed by atoms with E-state index in [4.69, 9.17) is 0 Å². The first-order valence-corrected chi connectivity index (χ1v) is 9.09. The van der Waals surface area contributed by atoms with Gasteiger partial charge in [-0.15, -0.1) is 0 Å². The van der Waals surface area contributed by atoms with Crippen molar-refractivity contribution in [3.05, 3.63) is 0 Å². The number of nitrogens with one attached hydrogen (secondary N) is 2. The molecule has 9 heteroatoms. The molecular weight excluding hydrogens is 280 g/mol. The minimum Gasteiger partial charge on any atom is -0.355 e. The number of sulfone groups is 1. The summed E-state index contributed by atoms with van der Waals surface area (Å²) in [5.41, 5.74) is 0. The molecule has 0 unspecified atom stereocenters. The Kier molecular flexibility index (Phi) is 5.11. The molecule has 1 saturated heterocycles. The van der Waals surface area contributed by atoms with Crippen LogP contribution in [0.3, 0.4) is 0 Å². The predicted octanol–water partition coefficient (Wildman–Crippen LogP) is -1.38. The fraction of sp³-hybridized carbons (Fsp3) is 0.889. The van der Waals surface area contributed by atoms with E-state index in [9.17, 15) is 21.6 Å². The number of rotatable bonds is 6. The van der Waals surface area contributed by atoms with Crippen LogP contribution in [0, 0.1) is 0 Å². The van der Waals surface area contributed by atoms with Crippen molar-refractivity contribution in [1.82, 2.24) is 10.0 Å². The van der Waals surface area contributed by atoms with Crippen LogP contribution in [0.4, 0.5) is 0 Å². The maximum absolute atomic E-state index is 11.7. The minimum atomic E-state index is -3.62. The van der Waals surface area contributed by atoms with E-state index < -0.39 is 25.1 Å². The first-order valence-electron chi connectivity index (χ1n) is 5.72. The Balaban J connectivity index is 2.39. The number of carbonyl (C=O) groups is 1. The molecule has 1 atom stereocenters. The maximum atomic E-state index is 11.7. The molecule has 2 N–H and O–H groups in total. The highest BCUT2D eigenvalue weighted by atomic mass is 32.2. The monoisotopic (exact) mass is 298 g/mol. The van der Waals surface area contributed by atoms with E-state index >= 15 is 0 Å². The van der Waals surface area contributed by atoms with E-state index in [2.05, 4.69) is 10.0 Å². The molecule has 0 spiro atoms. The zero-order chi connectivity index (χ0) is 13.8. The van der Waals surface area contributed by atoms with Gasteiger partial charge < -0.3 is 5.32 Å². The summed E-state index contributed by atoms with van der Waals surface area (Å²) in [5, 5.41) is 1.66. The Morgan fingerprint density at radius 1 is 1.33 bits per heavy atom. The number of sulfonamides is 1. The molecule has 18 heavy (non-hydrogen) atoms. The van der Waals surface area contributed by atoms with Gasteiger partial charge in [-0.25, -0.2) is 21.6 Å². The van der Waals surface area contributed by atoms with Crippen molar-refractivity contribution >= 4 is 25.8 Å². The van der Waals surface area contributed by atoms with Gasteiger partial charge in [0.2, 0.25) is 15.9 Å². The number of carbonyl (C=O) groups excluding carboxylic acids is 1. The van der Waals surface area contributed by atoms with Crippen LogP contribution >= 0.6 is 0 Å². The molecule has 1 aliphatic heterocycles. The molecule has 0 radical (unpaired) electrons. The van der Waals surface area contributed by atoms with Crippen molar-refractivity contribution in [3.63, 3.8) is 0 Å². The third kappa shape index (κ3) is 4.54. The zero-order valence-electron chi connectivity index (χ0n) is 10.2. The van der Waals surface area contributed by atoms with Crippen LogP contribution in [-0.4, -0.2) is 52.6 Å². The summed E-state index contributed by atoms with van der Waals surface area (Å²) in [7, 11) is -6.83. The standard InChI is InChI=1S/C9H18N2O5S2/c1-2-9(12)10-4-5-11-18(15,16)8-3-6-17(13,14)7-8/h8,11H,2-7H2,1H3,(H,10,12)/t8-/m0/s1. The van der Waals surface area contributed by atoms with Crippen LogP contribution in [-0.2, 0) is 24.7 Å². The van der Waals surface area contributed by atoms with Gasteiger partial charge >= 0.3 is 0 Å².